The third kappa shape index (κ3) is 5.90. The first-order valence-corrected chi connectivity index (χ1v) is 7.97. The van der Waals surface area contributed by atoms with E-state index in [4.69, 9.17) is 5.73 Å². The van der Waals surface area contributed by atoms with Gasteiger partial charge < -0.3 is 0 Å². The van der Waals surface area contributed by atoms with E-state index in [1.807, 2.05) is 0 Å². The number of rotatable bonds is 10. The molecule has 1 saturated carbocycles. The van der Waals surface area contributed by atoms with Gasteiger partial charge in [-0.3, -0.25) is 5.73 Å². The molecule has 1 fully saturated rings. The molecular formula is C16H32N. The molecule has 1 heteroatoms. The molecule has 0 bridgehead atoms. The summed E-state index contributed by atoms with van der Waals surface area (Å²) in [5, 5.41) is 0. The van der Waals surface area contributed by atoms with E-state index < -0.39 is 0 Å². The summed E-state index contributed by atoms with van der Waals surface area (Å²) in [5.41, 5.74) is 8.19. The van der Waals surface area contributed by atoms with Crippen molar-refractivity contribution < 1.29 is 0 Å². The van der Waals surface area contributed by atoms with Crippen molar-refractivity contribution in [2.75, 3.05) is 6.54 Å². The molecule has 0 aromatic carbocycles. The Kier molecular flexibility index (Phi) is 7.92. The molecule has 0 unspecified atom stereocenters. The second-order valence-electron chi connectivity index (χ2n) is 6.11. The molecule has 1 rings (SSSR count). The summed E-state index contributed by atoms with van der Waals surface area (Å²) < 4.78 is 0. The fourth-order valence-corrected chi connectivity index (χ4v) is 3.27. The van der Waals surface area contributed by atoms with Crippen LogP contribution >= 0.6 is 0 Å². The van der Waals surface area contributed by atoms with Crippen molar-refractivity contribution in [2.24, 2.45) is 5.41 Å². The van der Waals surface area contributed by atoms with Gasteiger partial charge in [0.1, 0.15) is 0 Å². The van der Waals surface area contributed by atoms with Crippen LogP contribution in [0.2, 0.25) is 0 Å². The number of nitrogens with one attached hydrogen (secondary N) is 1. The van der Waals surface area contributed by atoms with E-state index in [2.05, 4.69) is 6.92 Å². The minimum Gasteiger partial charge on any atom is -0.257 e. The highest BCUT2D eigenvalue weighted by Gasteiger charge is 2.31. The maximum atomic E-state index is 7.74. The van der Waals surface area contributed by atoms with Gasteiger partial charge >= 0.3 is 0 Å². The van der Waals surface area contributed by atoms with Crippen LogP contribution in [0.15, 0.2) is 0 Å². The summed E-state index contributed by atoms with van der Waals surface area (Å²) in [6, 6.07) is 0. The van der Waals surface area contributed by atoms with E-state index >= 15 is 0 Å². The average molecular weight is 238 g/mol. The van der Waals surface area contributed by atoms with Crippen molar-refractivity contribution in [1.82, 2.24) is 5.73 Å². The smallest absolute Gasteiger partial charge is 0.0156 e. The molecule has 0 aliphatic heterocycles. The topological polar surface area (TPSA) is 23.8 Å². The fraction of sp³-hybridized carbons (Fsp3) is 1.00. The van der Waals surface area contributed by atoms with Crippen LogP contribution < -0.4 is 5.73 Å². The first-order valence-electron chi connectivity index (χ1n) is 7.97. The SMILES string of the molecule is CCCCCCCCCCC1(C[NH])CCCC1. The normalized spacial score (nSPS) is 18.7. The molecule has 0 spiro atoms. The average Bonchev–Trinajstić information content (AvgIpc) is 2.82. The molecule has 1 N–H and O–H groups in total. The third-order valence-electron chi connectivity index (χ3n) is 4.60. The Bertz CT molecular complexity index is 170. The van der Waals surface area contributed by atoms with Crippen molar-refractivity contribution in [3.8, 4) is 0 Å². The van der Waals surface area contributed by atoms with E-state index in [1.165, 1.54) is 83.5 Å². The second kappa shape index (κ2) is 8.97. The summed E-state index contributed by atoms with van der Waals surface area (Å²) in [7, 11) is 0. The van der Waals surface area contributed by atoms with Crippen molar-refractivity contribution in [3.63, 3.8) is 0 Å². The zero-order valence-corrected chi connectivity index (χ0v) is 11.9. The minimum absolute atomic E-state index is 0.447. The molecule has 1 nitrogen and oxygen atoms in total. The largest absolute Gasteiger partial charge is 0.257 e. The van der Waals surface area contributed by atoms with Crippen molar-refractivity contribution in [1.29, 1.82) is 0 Å². The van der Waals surface area contributed by atoms with Crippen LogP contribution in [0.4, 0.5) is 0 Å². The lowest BCUT2D eigenvalue weighted by molar-refractivity contribution is 0.267. The molecular weight excluding hydrogens is 206 g/mol. The Labute approximate surface area is 109 Å². The summed E-state index contributed by atoms with van der Waals surface area (Å²) in [5.74, 6) is 0. The summed E-state index contributed by atoms with van der Waals surface area (Å²) in [6.45, 7) is 2.96. The predicted octanol–water partition coefficient (Wildman–Crippen LogP) is 5.36. The molecule has 0 saturated heterocycles. The van der Waals surface area contributed by atoms with E-state index in [1.54, 1.807) is 0 Å². The molecule has 1 aliphatic rings. The van der Waals surface area contributed by atoms with E-state index in [9.17, 15) is 0 Å². The highest BCUT2D eigenvalue weighted by atomic mass is 14.6. The maximum absolute atomic E-state index is 7.74. The van der Waals surface area contributed by atoms with Crippen LogP contribution in [0.5, 0.6) is 0 Å². The van der Waals surface area contributed by atoms with Crippen molar-refractivity contribution in [2.45, 2.75) is 90.4 Å². The van der Waals surface area contributed by atoms with Gasteiger partial charge in [0.15, 0.2) is 0 Å². The standard InChI is InChI=1S/C16H32N/c1-2-3-4-5-6-7-8-9-12-16(15-17)13-10-11-14-16/h17H,2-15H2,1H3. The maximum Gasteiger partial charge on any atom is 0.0156 e. The van der Waals surface area contributed by atoms with Gasteiger partial charge in [-0.15, -0.1) is 0 Å². The van der Waals surface area contributed by atoms with Gasteiger partial charge in [0.25, 0.3) is 0 Å². The highest BCUT2D eigenvalue weighted by Crippen LogP contribution is 2.41. The van der Waals surface area contributed by atoms with Crippen LogP contribution in [0.3, 0.4) is 0 Å². The van der Waals surface area contributed by atoms with Gasteiger partial charge in [-0.2, -0.15) is 0 Å². The molecule has 0 amide bonds. The third-order valence-corrected chi connectivity index (χ3v) is 4.60. The Hall–Kier alpha value is -0.0400. The Morgan fingerprint density at radius 3 is 1.88 bits per heavy atom. The molecule has 101 valence electrons. The highest BCUT2D eigenvalue weighted by molar-refractivity contribution is 4.85. The van der Waals surface area contributed by atoms with Crippen LogP contribution in [0.25, 0.3) is 0 Å². The molecule has 0 atom stereocenters. The van der Waals surface area contributed by atoms with Gasteiger partial charge in [0, 0.05) is 6.54 Å². The van der Waals surface area contributed by atoms with E-state index in [0.29, 0.717) is 12.0 Å². The van der Waals surface area contributed by atoms with Crippen molar-refractivity contribution >= 4 is 0 Å². The van der Waals surface area contributed by atoms with Crippen molar-refractivity contribution in [3.05, 3.63) is 0 Å². The lowest BCUT2D eigenvalue weighted by atomic mass is 9.81. The molecule has 1 aliphatic carbocycles. The molecule has 17 heavy (non-hydrogen) atoms. The second-order valence-corrected chi connectivity index (χ2v) is 6.11. The first-order chi connectivity index (χ1) is 8.33. The Morgan fingerprint density at radius 1 is 0.824 bits per heavy atom. The van der Waals surface area contributed by atoms with Crippen LogP contribution in [-0.4, -0.2) is 6.54 Å². The van der Waals surface area contributed by atoms with Gasteiger partial charge in [-0.1, -0.05) is 71.1 Å². The minimum atomic E-state index is 0.447. The predicted molar refractivity (Wildman–Crippen MR) is 76.1 cm³/mol. The lowest BCUT2D eigenvalue weighted by Crippen LogP contribution is -2.22. The van der Waals surface area contributed by atoms with Gasteiger partial charge in [-0.05, 0) is 24.7 Å². The molecule has 0 heterocycles. The van der Waals surface area contributed by atoms with E-state index in [-0.39, 0.29) is 0 Å². The zero-order valence-electron chi connectivity index (χ0n) is 11.9. The zero-order chi connectivity index (χ0) is 12.4. The molecule has 0 aromatic rings. The monoisotopic (exact) mass is 238 g/mol. The van der Waals surface area contributed by atoms with Gasteiger partial charge in [0.05, 0.1) is 0 Å². The molecule has 1 radical (unpaired) electrons. The summed E-state index contributed by atoms with van der Waals surface area (Å²) in [6.07, 6.45) is 18.1. The van der Waals surface area contributed by atoms with E-state index in [0.717, 1.165) is 0 Å². The first kappa shape index (κ1) is 15.0. The lowest BCUT2D eigenvalue weighted by Gasteiger charge is -2.26. The van der Waals surface area contributed by atoms with Gasteiger partial charge in [-0.25, -0.2) is 0 Å². The van der Waals surface area contributed by atoms with Crippen LogP contribution in [-0.2, 0) is 0 Å². The number of unbranched alkanes of at least 4 members (excludes halogenated alkanes) is 7. The number of hydrogen-bond acceptors (Lipinski definition) is 0. The number of hydrogen-bond donors (Lipinski definition) is 0. The summed E-state index contributed by atoms with van der Waals surface area (Å²) >= 11 is 0. The quantitative estimate of drug-likeness (QED) is 0.457. The van der Waals surface area contributed by atoms with Crippen LogP contribution in [0.1, 0.15) is 90.4 Å². The van der Waals surface area contributed by atoms with Gasteiger partial charge in [0.2, 0.25) is 0 Å². The fourth-order valence-electron chi connectivity index (χ4n) is 3.27. The van der Waals surface area contributed by atoms with Crippen LogP contribution in [0, 0.1) is 5.41 Å². The summed E-state index contributed by atoms with van der Waals surface area (Å²) in [4.78, 5) is 0. The Balaban J connectivity index is 1.92. The Morgan fingerprint density at radius 2 is 1.35 bits per heavy atom. The molecule has 0 aromatic heterocycles.